The number of hydrogen-bond acceptors (Lipinski definition) is 3. The average molecular weight is 328 g/mol. The number of nitrogens with one attached hydrogen (secondary N) is 2. The van der Waals surface area contributed by atoms with Gasteiger partial charge in [-0.05, 0) is 77.3 Å². The average Bonchev–Trinajstić information content (AvgIpc) is 2.88. The van der Waals surface area contributed by atoms with Crippen LogP contribution in [0.15, 0.2) is 12.1 Å². The zero-order chi connectivity index (χ0) is 17.5. The number of piperidine rings is 1. The molecule has 2 N–H and O–H groups in total. The third-order valence-corrected chi connectivity index (χ3v) is 5.33. The van der Waals surface area contributed by atoms with Gasteiger partial charge in [0.05, 0.1) is 16.4 Å². The van der Waals surface area contributed by atoms with Crippen LogP contribution in [0.4, 0.5) is 5.95 Å². The number of aryl methyl sites for hydroxylation is 2. The molecular formula is C19H28N4O. The normalized spacial score (nSPS) is 22.2. The number of H-pyrrole nitrogens is 1. The highest BCUT2D eigenvalue weighted by molar-refractivity contribution is 5.95. The third kappa shape index (κ3) is 3.18. The van der Waals surface area contributed by atoms with Crippen LogP contribution in [-0.2, 0) is 4.79 Å². The second kappa shape index (κ2) is 6.20. The molecule has 1 unspecified atom stereocenters. The highest BCUT2D eigenvalue weighted by atomic mass is 16.2. The number of amides is 1. The topological polar surface area (TPSA) is 61.0 Å². The van der Waals surface area contributed by atoms with E-state index in [-0.39, 0.29) is 11.3 Å². The molecule has 0 radical (unpaired) electrons. The molecule has 0 saturated carbocycles. The lowest BCUT2D eigenvalue weighted by atomic mass is 9.80. The second-order valence-corrected chi connectivity index (χ2v) is 7.72. The van der Waals surface area contributed by atoms with E-state index in [9.17, 15) is 4.79 Å². The maximum atomic E-state index is 12.9. The zero-order valence-corrected chi connectivity index (χ0v) is 15.4. The number of benzene rings is 1. The van der Waals surface area contributed by atoms with Crippen molar-refractivity contribution in [2.45, 2.75) is 53.5 Å². The van der Waals surface area contributed by atoms with Crippen molar-refractivity contribution in [3.8, 4) is 0 Å². The first kappa shape index (κ1) is 17.0. The van der Waals surface area contributed by atoms with Crippen molar-refractivity contribution in [1.29, 1.82) is 0 Å². The highest BCUT2D eigenvalue weighted by Crippen LogP contribution is 2.32. The number of nitrogens with zero attached hydrogens (tertiary/aromatic N) is 2. The molecule has 1 atom stereocenters. The van der Waals surface area contributed by atoms with E-state index in [1.807, 2.05) is 0 Å². The number of anilines is 1. The maximum absolute atomic E-state index is 12.9. The Morgan fingerprint density at radius 1 is 1.33 bits per heavy atom. The number of carbonyl (C=O) groups is 1. The summed E-state index contributed by atoms with van der Waals surface area (Å²) in [6, 6.07) is 4.60. The van der Waals surface area contributed by atoms with E-state index in [2.05, 4.69) is 66.9 Å². The molecule has 1 saturated heterocycles. The minimum Gasteiger partial charge on any atom is -0.324 e. The SMILES string of the molecule is Cc1cc2nc(NC(=O)C3(C)CCCN(C(C)C)C3)[nH]c2cc1C. The van der Waals surface area contributed by atoms with Crippen LogP contribution in [0.5, 0.6) is 0 Å². The summed E-state index contributed by atoms with van der Waals surface area (Å²) in [4.78, 5) is 23.0. The lowest BCUT2D eigenvalue weighted by molar-refractivity contribution is -0.128. The largest absolute Gasteiger partial charge is 0.324 e. The van der Waals surface area contributed by atoms with Crippen LogP contribution in [0.25, 0.3) is 11.0 Å². The van der Waals surface area contributed by atoms with Gasteiger partial charge in [0.1, 0.15) is 0 Å². The number of imidazole rings is 1. The monoisotopic (exact) mass is 328 g/mol. The highest BCUT2D eigenvalue weighted by Gasteiger charge is 2.38. The smallest absolute Gasteiger partial charge is 0.233 e. The van der Waals surface area contributed by atoms with Crippen molar-refractivity contribution in [3.05, 3.63) is 23.3 Å². The molecule has 5 heteroatoms. The third-order valence-electron chi connectivity index (χ3n) is 5.33. The Hall–Kier alpha value is -1.88. The van der Waals surface area contributed by atoms with Gasteiger partial charge in [-0.15, -0.1) is 0 Å². The fraction of sp³-hybridized carbons (Fsp3) is 0.579. The van der Waals surface area contributed by atoms with E-state index >= 15 is 0 Å². The summed E-state index contributed by atoms with van der Waals surface area (Å²) in [5, 5.41) is 3.01. The zero-order valence-electron chi connectivity index (χ0n) is 15.4. The molecule has 2 aromatic rings. The molecule has 1 aromatic carbocycles. The molecule has 0 spiro atoms. The Morgan fingerprint density at radius 2 is 2.04 bits per heavy atom. The molecule has 1 fully saturated rings. The van der Waals surface area contributed by atoms with Crippen LogP contribution in [0, 0.1) is 19.3 Å². The minimum absolute atomic E-state index is 0.0559. The molecule has 1 aromatic heterocycles. The summed E-state index contributed by atoms with van der Waals surface area (Å²) >= 11 is 0. The van der Waals surface area contributed by atoms with Crippen molar-refractivity contribution >= 4 is 22.9 Å². The van der Waals surface area contributed by atoms with Crippen molar-refractivity contribution < 1.29 is 4.79 Å². The fourth-order valence-electron chi connectivity index (χ4n) is 3.49. The first-order valence-corrected chi connectivity index (χ1v) is 8.81. The number of likely N-dealkylation sites (tertiary alicyclic amines) is 1. The number of fused-ring (bicyclic) bond motifs is 1. The number of rotatable bonds is 3. The predicted molar refractivity (Wildman–Crippen MR) is 98.2 cm³/mol. The predicted octanol–water partition coefficient (Wildman–Crippen LogP) is 3.63. The van der Waals surface area contributed by atoms with E-state index in [4.69, 9.17) is 0 Å². The van der Waals surface area contributed by atoms with Gasteiger partial charge in [-0.25, -0.2) is 4.98 Å². The van der Waals surface area contributed by atoms with Crippen molar-refractivity contribution in [2.75, 3.05) is 18.4 Å². The van der Waals surface area contributed by atoms with E-state index in [1.54, 1.807) is 0 Å². The van der Waals surface area contributed by atoms with E-state index in [0.29, 0.717) is 12.0 Å². The standard InChI is InChI=1S/C19H28N4O/c1-12(2)23-8-6-7-19(5,11-23)17(24)22-18-20-15-9-13(3)14(4)10-16(15)21-18/h9-10,12H,6-8,11H2,1-5H3,(H2,20,21,22,24). The second-order valence-electron chi connectivity index (χ2n) is 7.72. The van der Waals surface area contributed by atoms with Crippen LogP contribution >= 0.6 is 0 Å². The van der Waals surface area contributed by atoms with Crippen molar-refractivity contribution in [1.82, 2.24) is 14.9 Å². The van der Waals surface area contributed by atoms with Crippen molar-refractivity contribution in [3.63, 3.8) is 0 Å². The van der Waals surface area contributed by atoms with E-state index < -0.39 is 0 Å². The van der Waals surface area contributed by atoms with Crippen LogP contribution in [0.3, 0.4) is 0 Å². The Morgan fingerprint density at radius 3 is 2.75 bits per heavy atom. The van der Waals surface area contributed by atoms with Gasteiger partial charge >= 0.3 is 0 Å². The summed E-state index contributed by atoms with van der Waals surface area (Å²) in [6.45, 7) is 12.5. The number of carbonyl (C=O) groups excluding carboxylic acids is 1. The van der Waals surface area contributed by atoms with Gasteiger partial charge in [-0.2, -0.15) is 0 Å². The Kier molecular flexibility index (Phi) is 4.38. The molecule has 1 aliphatic heterocycles. The first-order valence-electron chi connectivity index (χ1n) is 8.81. The molecule has 130 valence electrons. The van der Waals surface area contributed by atoms with Crippen LogP contribution in [0.1, 0.15) is 44.7 Å². The van der Waals surface area contributed by atoms with Crippen LogP contribution in [-0.4, -0.2) is 39.9 Å². The molecule has 24 heavy (non-hydrogen) atoms. The quantitative estimate of drug-likeness (QED) is 0.904. The molecule has 1 aliphatic rings. The molecular weight excluding hydrogens is 300 g/mol. The molecule has 1 amide bonds. The van der Waals surface area contributed by atoms with Gasteiger partial charge in [0.2, 0.25) is 11.9 Å². The van der Waals surface area contributed by atoms with Gasteiger partial charge in [-0.3, -0.25) is 15.0 Å². The number of hydrogen-bond donors (Lipinski definition) is 2. The van der Waals surface area contributed by atoms with Crippen LogP contribution < -0.4 is 5.32 Å². The molecule has 0 bridgehead atoms. The van der Waals surface area contributed by atoms with Crippen LogP contribution in [0.2, 0.25) is 0 Å². The van der Waals surface area contributed by atoms with Gasteiger partial charge < -0.3 is 4.98 Å². The molecule has 0 aliphatic carbocycles. The van der Waals surface area contributed by atoms with Crippen molar-refractivity contribution in [2.24, 2.45) is 5.41 Å². The van der Waals surface area contributed by atoms with Gasteiger partial charge in [0, 0.05) is 12.6 Å². The summed E-state index contributed by atoms with van der Waals surface area (Å²) in [5.41, 5.74) is 3.92. The molecule has 2 heterocycles. The summed E-state index contributed by atoms with van der Waals surface area (Å²) < 4.78 is 0. The van der Waals surface area contributed by atoms with Gasteiger partial charge in [0.25, 0.3) is 0 Å². The summed E-state index contributed by atoms with van der Waals surface area (Å²) in [7, 11) is 0. The lowest BCUT2D eigenvalue weighted by Gasteiger charge is -2.41. The Labute approximate surface area is 143 Å². The Balaban J connectivity index is 1.79. The van der Waals surface area contributed by atoms with E-state index in [0.717, 1.165) is 37.0 Å². The number of aromatic nitrogens is 2. The molecule has 5 nitrogen and oxygen atoms in total. The lowest BCUT2D eigenvalue weighted by Crippen LogP contribution is -2.50. The summed E-state index contributed by atoms with van der Waals surface area (Å²) in [6.07, 6.45) is 1.97. The van der Waals surface area contributed by atoms with E-state index in [1.165, 1.54) is 11.1 Å². The van der Waals surface area contributed by atoms with Gasteiger partial charge in [-0.1, -0.05) is 0 Å². The Bertz CT molecular complexity index is 725. The summed E-state index contributed by atoms with van der Waals surface area (Å²) in [5.74, 6) is 0.600. The minimum atomic E-state index is -0.368. The van der Waals surface area contributed by atoms with Gasteiger partial charge in [0.15, 0.2) is 0 Å². The molecule has 3 rings (SSSR count). The number of aromatic amines is 1. The maximum Gasteiger partial charge on any atom is 0.233 e. The fourth-order valence-corrected chi connectivity index (χ4v) is 3.49. The first-order chi connectivity index (χ1) is 11.3.